The van der Waals surface area contributed by atoms with Crippen LogP contribution in [0.1, 0.15) is 72.1 Å². The van der Waals surface area contributed by atoms with Gasteiger partial charge in [0.1, 0.15) is 8.07 Å². The monoisotopic (exact) mass is 293 g/mol. The van der Waals surface area contributed by atoms with Crippen molar-refractivity contribution in [1.29, 1.82) is 0 Å². The van der Waals surface area contributed by atoms with Gasteiger partial charge in [-0.3, -0.25) is 4.99 Å². The quantitative estimate of drug-likeness (QED) is 0.425. The summed E-state index contributed by atoms with van der Waals surface area (Å²) in [6.45, 7) is 10.6. The molecule has 0 saturated heterocycles. The highest BCUT2D eigenvalue weighted by Crippen LogP contribution is 2.33. The van der Waals surface area contributed by atoms with Crippen LogP contribution >= 0.6 is 0 Å². The van der Waals surface area contributed by atoms with Gasteiger partial charge in [0, 0.05) is 6.54 Å². The zero-order valence-corrected chi connectivity index (χ0v) is 15.3. The fraction of sp³-hybridized carbons (Fsp3) is 0.833. The first-order valence-corrected chi connectivity index (χ1v) is 11.6. The standard InChI is InChI=1S/C18H35NSi/c1-5-14-17(6-2)20(4,7-3)18-15-12-10-8-9-11-13-16-19-18/h5,14,17H,6-13,15-16H2,1-4H3/b14-5+,19-18?. The van der Waals surface area contributed by atoms with Gasteiger partial charge in [-0.05, 0) is 37.1 Å². The first-order chi connectivity index (χ1) is 9.69. The molecule has 2 unspecified atom stereocenters. The number of nitrogens with zero attached hydrogens (tertiary/aromatic N) is 1. The predicted molar refractivity (Wildman–Crippen MR) is 95.6 cm³/mol. The molecule has 1 aliphatic rings. The van der Waals surface area contributed by atoms with E-state index in [0.717, 1.165) is 12.1 Å². The summed E-state index contributed by atoms with van der Waals surface area (Å²) < 4.78 is 0. The third-order valence-corrected chi connectivity index (χ3v) is 10.6. The maximum Gasteiger partial charge on any atom is 0.108 e. The third-order valence-electron chi connectivity index (χ3n) is 5.20. The van der Waals surface area contributed by atoms with Crippen LogP contribution in [0.3, 0.4) is 0 Å². The molecular formula is C18H35NSi. The molecule has 0 bridgehead atoms. The molecule has 0 amide bonds. The lowest BCUT2D eigenvalue weighted by molar-refractivity contribution is 0.597. The van der Waals surface area contributed by atoms with Crippen LogP contribution in [-0.4, -0.2) is 20.0 Å². The van der Waals surface area contributed by atoms with E-state index in [2.05, 4.69) is 39.5 Å². The van der Waals surface area contributed by atoms with Crippen molar-refractivity contribution in [2.75, 3.05) is 6.54 Å². The molecule has 20 heavy (non-hydrogen) atoms. The van der Waals surface area contributed by atoms with E-state index in [1.807, 2.05) is 0 Å². The molecule has 1 nitrogen and oxygen atoms in total. The predicted octanol–water partition coefficient (Wildman–Crippen LogP) is 6.17. The summed E-state index contributed by atoms with van der Waals surface area (Å²) in [7, 11) is -1.40. The molecule has 2 heteroatoms. The Bertz CT molecular complexity index is 321. The van der Waals surface area contributed by atoms with E-state index in [1.54, 1.807) is 5.33 Å². The molecule has 0 N–H and O–H groups in total. The van der Waals surface area contributed by atoms with Crippen LogP contribution in [-0.2, 0) is 0 Å². The van der Waals surface area contributed by atoms with Crippen molar-refractivity contribution >= 4 is 13.4 Å². The summed E-state index contributed by atoms with van der Waals surface area (Å²) in [6.07, 6.45) is 15.6. The van der Waals surface area contributed by atoms with Crippen molar-refractivity contribution in [3.63, 3.8) is 0 Å². The summed E-state index contributed by atoms with van der Waals surface area (Å²) in [4.78, 5) is 5.12. The summed E-state index contributed by atoms with van der Waals surface area (Å²) in [5.41, 5.74) is 0.777. The van der Waals surface area contributed by atoms with E-state index in [4.69, 9.17) is 4.99 Å². The van der Waals surface area contributed by atoms with Crippen molar-refractivity contribution in [3.05, 3.63) is 12.2 Å². The van der Waals surface area contributed by atoms with Crippen LogP contribution in [0.2, 0.25) is 18.1 Å². The Morgan fingerprint density at radius 1 is 1.10 bits per heavy atom. The average molecular weight is 294 g/mol. The molecule has 116 valence electrons. The molecule has 0 fully saturated rings. The summed E-state index contributed by atoms with van der Waals surface area (Å²) in [5, 5.41) is 1.65. The molecular weight excluding hydrogens is 258 g/mol. The largest absolute Gasteiger partial charge is 0.299 e. The fourth-order valence-corrected chi connectivity index (χ4v) is 7.68. The van der Waals surface area contributed by atoms with E-state index in [0.29, 0.717) is 0 Å². The minimum Gasteiger partial charge on any atom is -0.299 e. The van der Waals surface area contributed by atoms with Gasteiger partial charge in [0.25, 0.3) is 0 Å². The van der Waals surface area contributed by atoms with E-state index in [-0.39, 0.29) is 0 Å². The SMILES string of the molecule is C/C=C/C(CC)[Si](C)(CC)C1=NCCCCCCCC1. The number of hydrogen-bond acceptors (Lipinski definition) is 1. The first-order valence-electron chi connectivity index (χ1n) is 8.85. The first kappa shape index (κ1) is 17.7. The van der Waals surface area contributed by atoms with Crippen molar-refractivity contribution in [3.8, 4) is 0 Å². The second-order valence-corrected chi connectivity index (χ2v) is 11.4. The zero-order chi connectivity index (χ0) is 14.8. The highest BCUT2D eigenvalue weighted by molar-refractivity contribution is 7.07. The molecule has 1 aliphatic heterocycles. The van der Waals surface area contributed by atoms with Gasteiger partial charge in [0.05, 0.1) is 0 Å². The van der Waals surface area contributed by atoms with E-state index in [9.17, 15) is 0 Å². The Labute approximate surface area is 128 Å². The minimum atomic E-state index is -1.40. The molecule has 0 aromatic rings. The Kier molecular flexibility index (Phi) is 8.43. The van der Waals surface area contributed by atoms with Gasteiger partial charge in [-0.25, -0.2) is 0 Å². The van der Waals surface area contributed by atoms with Crippen LogP contribution in [0, 0.1) is 0 Å². The fourth-order valence-electron chi connectivity index (χ4n) is 3.58. The highest BCUT2D eigenvalue weighted by atomic mass is 28.3. The molecule has 0 aliphatic carbocycles. The van der Waals surface area contributed by atoms with Gasteiger partial charge in [-0.2, -0.15) is 0 Å². The maximum absolute atomic E-state index is 5.12. The van der Waals surface area contributed by atoms with Gasteiger partial charge in [0.2, 0.25) is 0 Å². The lowest BCUT2D eigenvalue weighted by atomic mass is 10.1. The van der Waals surface area contributed by atoms with Crippen molar-refractivity contribution in [1.82, 2.24) is 0 Å². The Balaban J connectivity index is 2.93. The lowest BCUT2D eigenvalue weighted by Gasteiger charge is -2.35. The summed E-state index contributed by atoms with van der Waals surface area (Å²) in [5.74, 6) is 0. The Morgan fingerprint density at radius 3 is 2.35 bits per heavy atom. The second-order valence-electron chi connectivity index (χ2n) is 6.51. The average Bonchev–Trinajstić information content (AvgIpc) is 2.49. The molecule has 0 saturated carbocycles. The van der Waals surface area contributed by atoms with Crippen LogP contribution in [0.5, 0.6) is 0 Å². The smallest absolute Gasteiger partial charge is 0.108 e. The summed E-state index contributed by atoms with van der Waals surface area (Å²) in [6, 6.07) is 1.34. The van der Waals surface area contributed by atoms with E-state index in [1.165, 1.54) is 57.4 Å². The topological polar surface area (TPSA) is 12.4 Å². The lowest BCUT2D eigenvalue weighted by Crippen LogP contribution is -2.44. The molecule has 2 atom stereocenters. The number of hydrogen-bond donors (Lipinski definition) is 0. The molecule has 0 aromatic carbocycles. The van der Waals surface area contributed by atoms with Crippen molar-refractivity contribution in [2.24, 2.45) is 4.99 Å². The minimum absolute atomic E-state index is 0.777. The van der Waals surface area contributed by atoms with Gasteiger partial charge in [-0.1, -0.05) is 70.7 Å². The molecule has 1 rings (SSSR count). The van der Waals surface area contributed by atoms with Crippen LogP contribution in [0.15, 0.2) is 17.1 Å². The van der Waals surface area contributed by atoms with Gasteiger partial charge < -0.3 is 0 Å². The van der Waals surface area contributed by atoms with Gasteiger partial charge in [0.15, 0.2) is 0 Å². The summed E-state index contributed by atoms with van der Waals surface area (Å²) >= 11 is 0. The normalized spacial score (nSPS) is 23.1. The zero-order valence-electron chi connectivity index (χ0n) is 14.3. The van der Waals surface area contributed by atoms with E-state index >= 15 is 0 Å². The van der Waals surface area contributed by atoms with Crippen LogP contribution in [0.4, 0.5) is 0 Å². The van der Waals surface area contributed by atoms with Crippen LogP contribution in [0.25, 0.3) is 0 Å². The number of rotatable bonds is 5. The Hall–Kier alpha value is -0.373. The third kappa shape index (κ3) is 4.87. The van der Waals surface area contributed by atoms with Crippen molar-refractivity contribution in [2.45, 2.75) is 90.3 Å². The van der Waals surface area contributed by atoms with Gasteiger partial charge in [-0.15, -0.1) is 0 Å². The van der Waals surface area contributed by atoms with Crippen molar-refractivity contribution < 1.29 is 0 Å². The van der Waals surface area contributed by atoms with E-state index < -0.39 is 8.07 Å². The number of allylic oxidation sites excluding steroid dienone is 2. The molecule has 0 radical (unpaired) electrons. The highest BCUT2D eigenvalue weighted by Gasteiger charge is 2.37. The molecule has 0 spiro atoms. The molecule has 1 heterocycles. The second kappa shape index (κ2) is 9.54. The van der Waals surface area contributed by atoms with Gasteiger partial charge >= 0.3 is 0 Å². The maximum atomic E-state index is 5.12. The Morgan fingerprint density at radius 2 is 1.75 bits per heavy atom. The number of aliphatic imine (C=N–C) groups is 1. The van der Waals surface area contributed by atoms with Crippen LogP contribution < -0.4 is 0 Å². The molecule has 0 aromatic heterocycles.